The lowest BCUT2D eigenvalue weighted by Crippen LogP contribution is -2.36. The highest BCUT2D eigenvalue weighted by Crippen LogP contribution is 2.60. The van der Waals surface area contributed by atoms with Gasteiger partial charge in [0.25, 0.3) is 5.91 Å². The SMILES string of the molecule is C=CN(C(=O)C(c1csc2ccc(Cl)cc12)P(=O)(O)OC(COC(=O)C(C)(C)C)OC(=O)C(C)(C)C)c1cccc(OC)c1OC. The van der Waals surface area contributed by atoms with Gasteiger partial charge in [-0.25, -0.2) is 0 Å². The van der Waals surface area contributed by atoms with Gasteiger partial charge in [0.05, 0.1) is 30.7 Å². The number of thiophene rings is 1. The van der Waals surface area contributed by atoms with Gasteiger partial charge in [-0.3, -0.25) is 28.4 Å². The van der Waals surface area contributed by atoms with Crippen LogP contribution in [0.25, 0.3) is 10.1 Å². The van der Waals surface area contributed by atoms with Crippen molar-refractivity contribution in [3.05, 3.63) is 65.1 Å². The highest BCUT2D eigenvalue weighted by molar-refractivity contribution is 7.54. The van der Waals surface area contributed by atoms with E-state index in [1.54, 1.807) is 83.3 Å². The molecule has 3 unspecified atom stereocenters. The van der Waals surface area contributed by atoms with Gasteiger partial charge >= 0.3 is 19.5 Å². The Bertz CT molecular complexity index is 1660. The van der Waals surface area contributed by atoms with Crippen LogP contribution in [0.5, 0.6) is 11.5 Å². The second kappa shape index (κ2) is 14.6. The fourth-order valence-corrected chi connectivity index (χ4v) is 6.92. The second-order valence-electron chi connectivity index (χ2n) is 12.2. The van der Waals surface area contributed by atoms with E-state index < -0.39 is 54.8 Å². The summed E-state index contributed by atoms with van der Waals surface area (Å²) in [4.78, 5) is 52.7. The first kappa shape index (κ1) is 37.1. The molecule has 0 spiro atoms. The number of halogens is 1. The highest BCUT2D eigenvalue weighted by Gasteiger charge is 2.47. The number of anilines is 1. The number of fused-ring (bicyclic) bond motifs is 1. The van der Waals surface area contributed by atoms with Crippen LogP contribution >= 0.6 is 30.5 Å². The van der Waals surface area contributed by atoms with Crippen LogP contribution < -0.4 is 14.4 Å². The van der Waals surface area contributed by atoms with Crippen molar-refractivity contribution in [1.29, 1.82) is 0 Å². The predicted octanol–water partition coefficient (Wildman–Crippen LogP) is 7.50. The number of ether oxygens (including phenoxy) is 4. The number of nitrogens with zero attached hydrogens (tertiary/aromatic N) is 1. The summed E-state index contributed by atoms with van der Waals surface area (Å²) >= 11 is 7.51. The van der Waals surface area contributed by atoms with Crippen molar-refractivity contribution >= 4 is 64.2 Å². The van der Waals surface area contributed by atoms with E-state index in [1.807, 2.05) is 0 Å². The van der Waals surface area contributed by atoms with Gasteiger partial charge in [-0.15, -0.1) is 11.3 Å². The summed E-state index contributed by atoms with van der Waals surface area (Å²) in [5.41, 5.74) is -3.59. The van der Waals surface area contributed by atoms with Gasteiger partial charge in [-0.05, 0) is 88.2 Å². The average Bonchev–Trinajstić information content (AvgIpc) is 3.36. The number of benzene rings is 2. The highest BCUT2D eigenvalue weighted by atomic mass is 35.5. The van der Waals surface area contributed by atoms with E-state index in [0.29, 0.717) is 20.9 Å². The first-order valence-corrected chi connectivity index (χ1v) is 17.0. The molecule has 0 fully saturated rings. The molecule has 1 N–H and O–H groups in total. The average molecular weight is 696 g/mol. The molecule has 250 valence electrons. The summed E-state index contributed by atoms with van der Waals surface area (Å²) < 4.78 is 42.4. The second-order valence-corrected chi connectivity index (χ2v) is 15.4. The number of methoxy groups -OCH3 is 2. The number of carbonyl (C=O) groups is 3. The molecule has 1 aromatic heterocycles. The lowest BCUT2D eigenvalue weighted by Gasteiger charge is -2.31. The Morgan fingerprint density at radius 1 is 1.04 bits per heavy atom. The van der Waals surface area contributed by atoms with Crippen LogP contribution in [0.1, 0.15) is 52.8 Å². The number of amides is 1. The Kier molecular flexibility index (Phi) is 11.7. The summed E-state index contributed by atoms with van der Waals surface area (Å²) in [5, 5.41) is 2.31. The molecule has 14 heteroatoms. The van der Waals surface area contributed by atoms with Crippen LogP contribution in [-0.2, 0) is 32.9 Å². The molecular formula is C32H39ClNO10PS. The van der Waals surface area contributed by atoms with Gasteiger partial charge < -0.3 is 23.8 Å². The molecule has 46 heavy (non-hydrogen) atoms. The van der Waals surface area contributed by atoms with E-state index in [0.717, 1.165) is 11.1 Å². The maximum absolute atomic E-state index is 14.5. The zero-order chi connectivity index (χ0) is 34.6. The molecule has 0 radical (unpaired) electrons. The lowest BCUT2D eigenvalue weighted by molar-refractivity contribution is -0.187. The predicted molar refractivity (Wildman–Crippen MR) is 177 cm³/mol. The molecule has 0 bridgehead atoms. The zero-order valence-electron chi connectivity index (χ0n) is 27.0. The van der Waals surface area contributed by atoms with E-state index in [4.69, 9.17) is 35.1 Å². The van der Waals surface area contributed by atoms with E-state index in [2.05, 4.69) is 6.58 Å². The number of esters is 2. The van der Waals surface area contributed by atoms with Crippen LogP contribution in [-0.4, -0.2) is 49.9 Å². The topological polar surface area (TPSA) is 138 Å². The maximum atomic E-state index is 14.5. The van der Waals surface area contributed by atoms with Crippen LogP contribution in [0.15, 0.2) is 54.6 Å². The quantitative estimate of drug-likeness (QED) is 0.115. The van der Waals surface area contributed by atoms with Crippen LogP contribution in [0.3, 0.4) is 0 Å². The lowest BCUT2D eigenvalue weighted by atomic mass is 9.97. The van der Waals surface area contributed by atoms with Gasteiger partial charge in [0.2, 0.25) is 6.29 Å². The molecule has 1 amide bonds. The molecule has 0 aliphatic rings. The summed E-state index contributed by atoms with van der Waals surface area (Å²) in [6, 6.07) is 9.70. The third kappa shape index (κ3) is 8.49. The Morgan fingerprint density at radius 2 is 1.70 bits per heavy atom. The van der Waals surface area contributed by atoms with Crippen molar-refractivity contribution in [2.75, 3.05) is 25.7 Å². The molecule has 0 aliphatic heterocycles. The van der Waals surface area contributed by atoms with Crippen molar-refractivity contribution < 1.29 is 47.3 Å². The smallest absolute Gasteiger partial charge is 0.348 e. The first-order valence-electron chi connectivity index (χ1n) is 14.1. The fourth-order valence-electron chi connectivity index (χ4n) is 4.15. The molecule has 11 nitrogen and oxygen atoms in total. The number of para-hydroxylation sites is 1. The minimum Gasteiger partial charge on any atom is -0.493 e. The molecule has 3 rings (SSSR count). The molecule has 1 heterocycles. The van der Waals surface area contributed by atoms with E-state index in [9.17, 15) is 23.8 Å². The molecule has 0 aliphatic carbocycles. The third-order valence-corrected chi connectivity index (χ3v) is 9.47. The normalized spacial score (nSPS) is 14.5. The summed E-state index contributed by atoms with van der Waals surface area (Å²) in [5.74, 6) is -1.94. The van der Waals surface area contributed by atoms with Crippen LogP contribution in [0.4, 0.5) is 5.69 Å². The van der Waals surface area contributed by atoms with Crippen molar-refractivity contribution in [1.82, 2.24) is 0 Å². The summed E-state index contributed by atoms with van der Waals surface area (Å²) in [6.45, 7) is 12.6. The molecular weight excluding hydrogens is 657 g/mol. The monoisotopic (exact) mass is 695 g/mol. The molecule has 0 saturated heterocycles. The Morgan fingerprint density at radius 3 is 2.26 bits per heavy atom. The number of hydrogen-bond acceptors (Lipinski definition) is 10. The van der Waals surface area contributed by atoms with Gasteiger partial charge in [-0.1, -0.05) is 24.2 Å². The van der Waals surface area contributed by atoms with Gasteiger partial charge in [0.15, 0.2) is 23.8 Å². The maximum Gasteiger partial charge on any atom is 0.348 e. The molecule has 3 atom stereocenters. The minimum absolute atomic E-state index is 0.125. The molecule has 3 aromatic rings. The molecule has 0 saturated carbocycles. The largest absolute Gasteiger partial charge is 0.493 e. The Hall–Kier alpha value is -3.41. The standard InChI is InChI=1S/C32H39ClNO10PS/c1-10-34(22-12-11-13-23(40-8)26(22)41-9)28(35)27(21-18-46-24-15-14-19(33)16-20(21)24)45(38,39)44-25(43-30(37)32(5,6)7)17-42-29(36)31(2,3)4/h10-16,18,25,27H,1,17H2,2-9H3,(H,38,39). The van der Waals surface area contributed by atoms with Crippen molar-refractivity contribution in [2.45, 2.75) is 53.5 Å². The van der Waals surface area contributed by atoms with E-state index >= 15 is 0 Å². The summed E-state index contributed by atoms with van der Waals surface area (Å²) in [6.07, 6.45) is -0.683. The number of hydrogen-bond donors (Lipinski definition) is 1. The number of carbonyl (C=O) groups excluding carboxylic acids is 3. The van der Waals surface area contributed by atoms with Crippen LogP contribution in [0.2, 0.25) is 5.02 Å². The van der Waals surface area contributed by atoms with Gasteiger partial charge in [0.1, 0.15) is 0 Å². The van der Waals surface area contributed by atoms with Gasteiger partial charge in [0, 0.05) is 15.9 Å². The van der Waals surface area contributed by atoms with Gasteiger partial charge in [-0.2, -0.15) is 0 Å². The number of rotatable bonds is 12. The van der Waals surface area contributed by atoms with Crippen molar-refractivity contribution in [3.63, 3.8) is 0 Å². The zero-order valence-corrected chi connectivity index (χ0v) is 29.5. The van der Waals surface area contributed by atoms with Crippen molar-refractivity contribution in [2.24, 2.45) is 10.8 Å². The minimum atomic E-state index is -5.18. The molecule has 2 aromatic carbocycles. The van der Waals surface area contributed by atoms with E-state index in [1.165, 1.54) is 25.6 Å². The third-order valence-electron chi connectivity index (χ3n) is 6.56. The first-order chi connectivity index (χ1) is 21.3. The Balaban J connectivity index is 2.18. The fraction of sp³-hybridized carbons (Fsp3) is 0.406. The van der Waals surface area contributed by atoms with Crippen LogP contribution in [0, 0.1) is 10.8 Å². The Labute approximate surface area is 277 Å². The van der Waals surface area contributed by atoms with E-state index in [-0.39, 0.29) is 17.0 Å². The summed E-state index contributed by atoms with van der Waals surface area (Å²) in [7, 11) is -2.37. The van der Waals surface area contributed by atoms with Crippen molar-refractivity contribution in [3.8, 4) is 11.5 Å².